The number of morpholine rings is 1. The smallest absolute Gasteiger partial charge is 0.251 e. The minimum atomic E-state index is -3.82. The highest BCUT2D eigenvalue weighted by Gasteiger charge is 2.14. The molecule has 0 bridgehead atoms. The standard InChI is InChI=1S/C14H21N3O4S/c1-11-8-12(10-13(9-11)22(15,19)20)14(18)16-2-3-17-4-6-21-7-5-17/h8-10H,2-7H2,1H3,(H,16,18)(H2,15,19,20). The number of hydrogen-bond acceptors (Lipinski definition) is 5. The van der Waals surface area contributed by atoms with Crippen LogP contribution in [0.4, 0.5) is 0 Å². The molecule has 1 fully saturated rings. The lowest BCUT2D eigenvalue weighted by Crippen LogP contribution is -2.41. The van der Waals surface area contributed by atoms with Crippen LogP contribution in [0.25, 0.3) is 0 Å². The fourth-order valence-corrected chi connectivity index (χ4v) is 2.94. The maximum atomic E-state index is 12.1. The Labute approximate surface area is 130 Å². The number of nitrogens with zero attached hydrogens (tertiary/aromatic N) is 1. The molecule has 122 valence electrons. The molecular weight excluding hydrogens is 306 g/mol. The van der Waals surface area contributed by atoms with Crippen LogP contribution in [-0.2, 0) is 14.8 Å². The van der Waals surface area contributed by atoms with Gasteiger partial charge in [-0.1, -0.05) is 0 Å². The van der Waals surface area contributed by atoms with Gasteiger partial charge in [-0.25, -0.2) is 13.6 Å². The van der Waals surface area contributed by atoms with E-state index in [1.165, 1.54) is 12.1 Å². The fourth-order valence-electron chi connectivity index (χ4n) is 2.30. The fraction of sp³-hybridized carbons (Fsp3) is 0.500. The van der Waals surface area contributed by atoms with Crippen LogP contribution < -0.4 is 10.5 Å². The van der Waals surface area contributed by atoms with Crippen molar-refractivity contribution in [2.24, 2.45) is 5.14 Å². The van der Waals surface area contributed by atoms with Crippen LogP contribution in [0.2, 0.25) is 0 Å². The largest absolute Gasteiger partial charge is 0.379 e. The molecule has 0 saturated carbocycles. The summed E-state index contributed by atoms with van der Waals surface area (Å²) in [7, 11) is -3.82. The number of rotatable bonds is 5. The Kier molecular flexibility index (Phi) is 5.52. The Morgan fingerprint density at radius 2 is 2.00 bits per heavy atom. The Morgan fingerprint density at radius 1 is 1.32 bits per heavy atom. The zero-order valence-corrected chi connectivity index (χ0v) is 13.4. The third-order valence-electron chi connectivity index (χ3n) is 3.46. The van der Waals surface area contributed by atoms with E-state index in [2.05, 4.69) is 10.2 Å². The highest BCUT2D eigenvalue weighted by atomic mass is 32.2. The topological polar surface area (TPSA) is 102 Å². The van der Waals surface area contributed by atoms with E-state index < -0.39 is 10.0 Å². The average Bonchev–Trinajstić information content (AvgIpc) is 2.46. The van der Waals surface area contributed by atoms with E-state index in [9.17, 15) is 13.2 Å². The van der Waals surface area contributed by atoms with Gasteiger partial charge in [0, 0.05) is 31.7 Å². The minimum Gasteiger partial charge on any atom is -0.379 e. The molecule has 1 saturated heterocycles. The lowest BCUT2D eigenvalue weighted by atomic mass is 10.1. The predicted octanol–water partition coefficient (Wildman–Crippen LogP) is -0.296. The molecule has 8 heteroatoms. The molecule has 1 aromatic carbocycles. The van der Waals surface area contributed by atoms with Crippen molar-refractivity contribution in [2.45, 2.75) is 11.8 Å². The number of aryl methyl sites for hydroxylation is 1. The molecule has 7 nitrogen and oxygen atoms in total. The van der Waals surface area contributed by atoms with E-state index in [1.54, 1.807) is 13.0 Å². The molecule has 0 aliphatic carbocycles. The van der Waals surface area contributed by atoms with Crippen LogP contribution in [0.1, 0.15) is 15.9 Å². The van der Waals surface area contributed by atoms with Crippen LogP contribution in [0.3, 0.4) is 0 Å². The molecule has 0 spiro atoms. The second-order valence-electron chi connectivity index (χ2n) is 5.29. The quantitative estimate of drug-likeness (QED) is 0.773. The second kappa shape index (κ2) is 7.19. The number of nitrogens with one attached hydrogen (secondary N) is 1. The molecule has 0 radical (unpaired) electrons. The number of primary sulfonamides is 1. The van der Waals surface area contributed by atoms with Gasteiger partial charge in [0.05, 0.1) is 18.1 Å². The van der Waals surface area contributed by atoms with Crippen molar-refractivity contribution in [3.63, 3.8) is 0 Å². The molecular formula is C14H21N3O4S. The van der Waals surface area contributed by atoms with Gasteiger partial charge in [-0.3, -0.25) is 9.69 Å². The lowest BCUT2D eigenvalue weighted by molar-refractivity contribution is 0.0383. The number of nitrogens with two attached hydrogens (primary N) is 1. The summed E-state index contributed by atoms with van der Waals surface area (Å²) in [6.07, 6.45) is 0. The van der Waals surface area contributed by atoms with Gasteiger partial charge in [0.25, 0.3) is 5.91 Å². The van der Waals surface area contributed by atoms with E-state index in [-0.39, 0.29) is 10.8 Å². The van der Waals surface area contributed by atoms with Gasteiger partial charge in [0.15, 0.2) is 0 Å². The number of carbonyl (C=O) groups is 1. The summed E-state index contributed by atoms with van der Waals surface area (Å²) >= 11 is 0. The van der Waals surface area contributed by atoms with E-state index >= 15 is 0 Å². The van der Waals surface area contributed by atoms with Crippen molar-refractivity contribution >= 4 is 15.9 Å². The highest BCUT2D eigenvalue weighted by Crippen LogP contribution is 2.13. The third-order valence-corrected chi connectivity index (χ3v) is 4.35. The number of sulfonamides is 1. The van der Waals surface area contributed by atoms with Crippen LogP contribution in [0.5, 0.6) is 0 Å². The van der Waals surface area contributed by atoms with Gasteiger partial charge in [0.2, 0.25) is 10.0 Å². The second-order valence-corrected chi connectivity index (χ2v) is 6.85. The number of benzene rings is 1. The first-order valence-electron chi connectivity index (χ1n) is 7.09. The number of amides is 1. The van der Waals surface area contributed by atoms with Crippen LogP contribution >= 0.6 is 0 Å². The van der Waals surface area contributed by atoms with E-state index in [0.717, 1.165) is 19.6 Å². The van der Waals surface area contributed by atoms with Crippen LogP contribution in [0, 0.1) is 6.92 Å². The summed E-state index contributed by atoms with van der Waals surface area (Å²) in [6.45, 7) is 6.10. The number of carbonyl (C=O) groups excluding carboxylic acids is 1. The molecule has 1 amide bonds. The van der Waals surface area contributed by atoms with Crippen LogP contribution in [0.15, 0.2) is 23.1 Å². The molecule has 1 aromatic rings. The predicted molar refractivity (Wildman–Crippen MR) is 82.1 cm³/mol. The van der Waals surface area contributed by atoms with Crippen molar-refractivity contribution in [2.75, 3.05) is 39.4 Å². The van der Waals surface area contributed by atoms with E-state index in [0.29, 0.717) is 30.9 Å². The summed E-state index contributed by atoms with van der Waals surface area (Å²) in [4.78, 5) is 14.3. The van der Waals surface area contributed by atoms with Crippen molar-refractivity contribution in [1.29, 1.82) is 0 Å². The van der Waals surface area contributed by atoms with Gasteiger partial charge in [-0.05, 0) is 30.7 Å². The third kappa shape index (κ3) is 4.77. The number of hydrogen-bond donors (Lipinski definition) is 2. The maximum Gasteiger partial charge on any atom is 0.251 e. The Balaban J connectivity index is 1.96. The highest BCUT2D eigenvalue weighted by molar-refractivity contribution is 7.89. The summed E-state index contributed by atoms with van der Waals surface area (Å²) in [5.74, 6) is -0.304. The van der Waals surface area contributed by atoms with Crippen molar-refractivity contribution < 1.29 is 17.9 Å². The summed E-state index contributed by atoms with van der Waals surface area (Å²) in [5.41, 5.74) is 0.968. The molecule has 0 aromatic heterocycles. The summed E-state index contributed by atoms with van der Waals surface area (Å²) in [6, 6.07) is 4.38. The van der Waals surface area contributed by atoms with Gasteiger partial charge in [0.1, 0.15) is 0 Å². The SMILES string of the molecule is Cc1cc(C(=O)NCCN2CCOCC2)cc(S(N)(=O)=O)c1. The minimum absolute atomic E-state index is 0.0502. The zero-order chi connectivity index (χ0) is 16.2. The van der Waals surface area contributed by atoms with Crippen LogP contribution in [-0.4, -0.2) is 58.6 Å². The van der Waals surface area contributed by atoms with Crippen molar-refractivity contribution in [3.8, 4) is 0 Å². The molecule has 1 aliphatic rings. The molecule has 1 aliphatic heterocycles. The van der Waals surface area contributed by atoms with E-state index in [4.69, 9.17) is 9.88 Å². The first-order chi connectivity index (χ1) is 10.4. The van der Waals surface area contributed by atoms with Gasteiger partial charge < -0.3 is 10.1 Å². The average molecular weight is 327 g/mol. The maximum absolute atomic E-state index is 12.1. The number of ether oxygens (including phenoxy) is 1. The van der Waals surface area contributed by atoms with Crippen molar-refractivity contribution in [3.05, 3.63) is 29.3 Å². The molecule has 0 unspecified atom stereocenters. The summed E-state index contributed by atoms with van der Waals surface area (Å²) < 4.78 is 28.1. The summed E-state index contributed by atoms with van der Waals surface area (Å²) in [5, 5.41) is 7.91. The van der Waals surface area contributed by atoms with Gasteiger partial charge >= 0.3 is 0 Å². The Morgan fingerprint density at radius 3 is 2.64 bits per heavy atom. The molecule has 22 heavy (non-hydrogen) atoms. The van der Waals surface area contributed by atoms with Gasteiger partial charge in [-0.2, -0.15) is 0 Å². The Bertz CT molecular complexity index is 639. The zero-order valence-electron chi connectivity index (χ0n) is 12.5. The Hall–Kier alpha value is -1.48. The molecule has 0 atom stereocenters. The molecule has 3 N–H and O–H groups in total. The molecule has 2 rings (SSSR count). The first-order valence-corrected chi connectivity index (χ1v) is 8.64. The molecule has 1 heterocycles. The van der Waals surface area contributed by atoms with Crippen molar-refractivity contribution in [1.82, 2.24) is 10.2 Å². The van der Waals surface area contributed by atoms with E-state index in [1.807, 2.05) is 0 Å². The normalized spacial score (nSPS) is 16.5. The lowest BCUT2D eigenvalue weighted by Gasteiger charge is -2.26. The monoisotopic (exact) mass is 327 g/mol. The first kappa shape index (κ1) is 16.9. The van der Waals surface area contributed by atoms with Gasteiger partial charge in [-0.15, -0.1) is 0 Å².